The Morgan fingerprint density at radius 3 is 2.76 bits per heavy atom. The van der Waals surface area contributed by atoms with Gasteiger partial charge in [-0.2, -0.15) is 0 Å². The molecule has 0 aromatic rings. The predicted octanol–water partition coefficient (Wildman–Crippen LogP) is 0.746. The quantitative estimate of drug-likeness (QED) is 0.762. The molecule has 1 aliphatic heterocycles. The van der Waals surface area contributed by atoms with Gasteiger partial charge >= 0.3 is 0 Å². The average Bonchev–Trinajstić information content (AvgIpc) is 3.12. The summed E-state index contributed by atoms with van der Waals surface area (Å²) in [5.41, 5.74) is 0. The number of hydrogen-bond acceptors (Lipinski definition) is 3. The molecule has 0 aromatic heterocycles. The maximum Gasteiger partial charge on any atom is 0.237 e. The highest BCUT2D eigenvalue weighted by atomic mass is 16.3. The third-order valence-electron chi connectivity index (χ3n) is 4.10. The lowest BCUT2D eigenvalue weighted by Crippen LogP contribution is -2.52. The summed E-state index contributed by atoms with van der Waals surface area (Å²) in [6, 6.07) is 0.374. The summed E-state index contributed by atoms with van der Waals surface area (Å²) in [5.74, 6) is 0.471. The fourth-order valence-corrected chi connectivity index (χ4v) is 2.52. The van der Waals surface area contributed by atoms with Gasteiger partial charge in [0.05, 0.1) is 12.1 Å². The number of nitrogens with one attached hydrogen (secondary N) is 1. The van der Waals surface area contributed by atoms with Crippen LogP contribution < -0.4 is 5.32 Å². The van der Waals surface area contributed by atoms with Crippen LogP contribution in [0.1, 0.15) is 39.5 Å². The normalized spacial score (nSPS) is 32.2. The summed E-state index contributed by atoms with van der Waals surface area (Å²) in [4.78, 5) is 14.2. The van der Waals surface area contributed by atoms with Crippen LogP contribution in [0.3, 0.4) is 0 Å². The van der Waals surface area contributed by atoms with E-state index in [1.807, 2.05) is 6.92 Å². The van der Waals surface area contributed by atoms with Gasteiger partial charge in [0.15, 0.2) is 0 Å². The second kappa shape index (κ2) is 5.36. The molecular formula is C13H24N2O2. The molecule has 3 atom stereocenters. The lowest BCUT2D eigenvalue weighted by atomic mass is 9.91. The van der Waals surface area contributed by atoms with Crippen molar-refractivity contribution in [3.63, 3.8) is 0 Å². The van der Waals surface area contributed by atoms with Crippen molar-refractivity contribution < 1.29 is 9.90 Å². The van der Waals surface area contributed by atoms with Crippen LogP contribution in [0.2, 0.25) is 0 Å². The van der Waals surface area contributed by atoms with E-state index >= 15 is 0 Å². The van der Waals surface area contributed by atoms with Gasteiger partial charge in [0, 0.05) is 19.1 Å². The average molecular weight is 240 g/mol. The minimum absolute atomic E-state index is 0.0582. The molecule has 2 aliphatic rings. The molecule has 2 rings (SSSR count). The van der Waals surface area contributed by atoms with Crippen LogP contribution in [0.15, 0.2) is 0 Å². The first-order valence-corrected chi connectivity index (χ1v) is 6.84. The zero-order chi connectivity index (χ0) is 12.4. The van der Waals surface area contributed by atoms with E-state index in [0.717, 1.165) is 38.8 Å². The van der Waals surface area contributed by atoms with Crippen molar-refractivity contribution in [2.45, 2.75) is 57.7 Å². The van der Waals surface area contributed by atoms with Crippen LogP contribution in [0, 0.1) is 5.92 Å². The largest absolute Gasteiger partial charge is 0.393 e. The van der Waals surface area contributed by atoms with Crippen molar-refractivity contribution in [1.82, 2.24) is 10.2 Å². The van der Waals surface area contributed by atoms with Gasteiger partial charge in [-0.25, -0.2) is 0 Å². The monoisotopic (exact) mass is 240 g/mol. The Hall–Kier alpha value is -0.610. The van der Waals surface area contributed by atoms with Crippen LogP contribution >= 0.6 is 0 Å². The van der Waals surface area contributed by atoms with Gasteiger partial charge in [-0.15, -0.1) is 0 Å². The van der Waals surface area contributed by atoms with Crippen molar-refractivity contribution in [3.8, 4) is 0 Å². The lowest BCUT2D eigenvalue weighted by molar-refractivity contribution is -0.127. The van der Waals surface area contributed by atoms with Gasteiger partial charge in [-0.1, -0.05) is 6.92 Å². The maximum absolute atomic E-state index is 12.0. The van der Waals surface area contributed by atoms with Crippen LogP contribution in [-0.4, -0.2) is 47.2 Å². The zero-order valence-corrected chi connectivity index (χ0v) is 10.9. The minimum atomic E-state index is -0.185. The van der Waals surface area contributed by atoms with Gasteiger partial charge in [-0.05, 0) is 38.5 Å². The number of aliphatic hydroxyl groups excluding tert-OH is 1. The first-order valence-electron chi connectivity index (χ1n) is 6.84. The van der Waals surface area contributed by atoms with Crippen LogP contribution in [0.25, 0.3) is 0 Å². The molecule has 0 radical (unpaired) electrons. The number of aliphatic hydroxyl groups is 1. The van der Waals surface area contributed by atoms with Crippen LogP contribution in [-0.2, 0) is 4.79 Å². The van der Waals surface area contributed by atoms with Gasteiger partial charge < -0.3 is 10.4 Å². The highest BCUT2D eigenvalue weighted by Gasteiger charge is 2.33. The second-order valence-corrected chi connectivity index (χ2v) is 5.48. The van der Waals surface area contributed by atoms with E-state index in [4.69, 9.17) is 0 Å². The highest BCUT2D eigenvalue weighted by Crippen LogP contribution is 2.23. The third-order valence-corrected chi connectivity index (χ3v) is 4.10. The topological polar surface area (TPSA) is 52.6 Å². The Balaban J connectivity index is 1.85. The number of amides is 1. The van der Waals surface area contributed by atoms with Crippen molar-refractivity contribution in [3.05, 3.63) is 0 Å². The van der Waals surface area contributed by atoms with Gasteiger partial charge in [0.2, 0.25) is 5.91 Å². The molecule has 2 fully saturated rings. The van der Waals surface area contributed by atoms with E-state index in [-0.39, 0.29) is 18.1 Å². The zero-order valence-electron chi connectivity index (χ0n) is 10.9. The fourth-order valence-electron chi connectivity index (χ4n) is 2.52. The number of likely N-dealkylation sites (tertiary alicyclic amines) is 1. The Morgan fingerprint density at radius 2 is 2.18 bits per heavy atom. The van der Waals surface area contributed by atoms with E-state index in [2.05, 4.69) is 17.1 Å². The summed E-state index contributed by atoms with van der Waals surface area (Å²) in [6.45, 7) is 5.75. The molecule has 1 saturated heterocycles. The van der Waals surface area contributed by atoms with Crippen molar-refractivity contribution in [2.24, 2.45) is 5.92 Å². The van der Waals surface area contributed by atoms with Gasteiger partial charge in [0.25, 0.3) is 0 Å². The molecule has 0 aromatic carbocycles. The molecule has 1 heterocycles. The van der Waals surface area contributed by atoms with E-state index in [1.165, 1.54) is 0 Å². The Kier molecular flexibility index (Phi) is 4.05. The molecule has 1 saturated carbocycles. The molecule has 4 nitrogen and oxygen atoms in total. The van der Waals surface area contributed by atoms with Crippen LogP contribution in [0.5, 0.6) is 0 Å². The number of piperidine rings is 1. The SMILES string of the molecule is CCC1CN(C(C)C(=O)NC2CC2)CCC1O. The van der Waals surface area contributed by atoms with E-state index in [1.54, 1.807) is 0 Å². The predicted molar refractivity (Wildman–Crippen MR) is 66.6 cm³/mol. The minimum Gasteiger partial charge on any atom is -0.393 e. The molecule has 0 spiro atoms. The summed E-state index contributed by atoms with van der Waals surface area (Å²) >= 11 is 0. The molecule has 2 N–H and O–H groups in total. The molecule has 1 aliphatic carbocycles. The highest BCUT2D eigenvalue weighted by molar-refractivity contribution is 5.81. The molecule has 3 unspecified atom stereocenters. The number of carbonyl (C=O) groups is 1. The second-order valence-electron chi connectivity index (χ2n) is 5.48. The van der Waals surface area contributed by atoms with Gasteiger partial charge in [0.1, 0.15) is 0 Å². The molecule has 17 heavy (non-hydrogen) atoms. The molecule has 4 heteroatoms. The molecular weight excluding hydrogens is 216 g/mol. The lowest BCUT2D eigenvalue weighted by Gasteiger charge is -2.38. The van der Waals surface area contributed by atoms with Crippen molar-refractivity contribution in [2.75, 3.05) is 13.1 Å². The first kappa shape index (κ1) is 12.8. The maximum atomic E-state index is 12.0. The number of carbonyl (C=O) groups excluding carboxylic acids is 1. The number of rotatable bonds is 4. The Morgan fingerprint density at radius 1 is 1.47 bits per heavy atom. The summed E-state index contributed by atoms with van der Waals surface area (Å²) in [5, 5.41) is 12.9. The van der Waals surface area contributed by atoms with E-state index in [9.17, 15) is 9.90 Å². The summed E-state index contributed by atoms with van der Waals surface area (Å²) < 4.78 is 0. The molecule has 0 bridgehead atoms. The third kappa shape index (κ3) is 3.19. The van der Waals surface area contributed by atoms with Crippen LogP contribution in [0.4, 0.5) is 0 Å². The standard InChI is InChI=1S/C13H24N2O2/c1-3-10-8-15(7-6-12(10)16)9(2)13(17)14-11-4-5-11/h9-12,16H,3-8H2,1-2H3,(H,14,17). The fraction of sp³-hybridized carbons (Fsp3) is 0.923. The van der Waals surface area contributed by atoms with E-state index < -0.39 is 0 Å². The van der Waals surface area contributed by atoms with Crippen molar-refractivity contribution >= 4 is 5.91 Å². The Labute approximate surface area is 103 Å². The number of nitrogens with zero attached hydrogens (tertiary/aromatic N) is 1. The van der Waals surface area contributed by atoms with Gasteiger partial charge in [-0.3, -0.25) is 9.69 Å². The first-order chi connectivity index (χ1) is 8.11. The Bertz CT molecular complexity index is 279. The molecule has 1 amide bonds. The smallest absolute Gasteiger partial charge is 0.237 e. The summed E-state index contributed by atoms with van der Waals surface area (Å²) in [7, 11) is 0. The van der Waals surface area contributed by atoms with E-state index in [0.29, 0.717) is 12.0 Å². The van der Waals surface area contributed by atoms with Crippen molar-refractivity contribution in [1.29, 1.82) is 0 Å². The molecule has 98 valence electrons. The summed E-state index contributed by atoms with van der Waals surface area (Å²) in [6.07, 6.45) is 3.85. The number of hydrogen-bond donors (Lipinski definition) is 2.